The zero-order valence-corrected chi connectivity index (χ0v) is 46.6. The van der Waals surface area contributed by atoms with Gasteiger partial charge in [0.25, 0.3) is 0 Å². The number of nitrogens with zero attached hydrogens (tertiary/aromatic N) is 2. The highest BCUT2D eigenvalue weighted by atomic mass is 15.2. The summed E-state index contributed by atoms with van der Waals surface area (Å²) < 4.78 is 0. The fourth-order valence-corrected chi connectivity index (χ4v) is 12.6. The molecular weight excluding hydrogens is 989 g/mol. The maximum Gasteiger partial charge on any atom is 0.0569 e. The maximum atomic E-state index is 2.49. The second-order valence-corrected chi connectivity index (χ2v) is 21.9. The molecule has 14 aromatic carbocycles. The minimum absolute atomic E-state index is 1.10. The van der Waals surface area contributed by atoms with Gasteiger partial charge in [0.05, 0.1) is 11.4 Å². The molecule has 0 saturated heterocycles. The van der Waals surface area contributed by atoms with Crippen LogP contribution in [0.1, 0.15) is 22.3 Å². The van der Waals surface area contributed by atoms with E-state index >= 15 is 0 Å². The van der Waals surface area contributed by atoms with Crippen LogP contribution in [-0.2, 0) is 0 Å². The van der Waals surface area contributed by atoms with Crippen LogP contribution in [0.25, 0.3) is 98.7 Å². The van der Waals surface area contributed by atoms with Crippen molar-refractivity contribution in [2.75, 3.05) is 9.80 Å². The molecule has 14 aromatic rings. The number of para-hydroxylation sites is 2. The van der Waals surface area contributed by atoms with Crippen molar-refractivity contribution in [3.8, 4) is 55.6 Å². The Morgan fingerprint density at radius 3 is 0.951 bits per heavy atom. The van der Waals surface area contributed by atoms with Gasteiger partial charge in [-0.1, -0.05) is 231 Å². The number of hydrogen-bond donors (Lipinski definition) is 0. The smallest absolute Gasteiger partial charge is 0.0569 e. The lowest BCUT2D eigenvalue weighted by molar-refractivity contribution is 1.22. The third-order valence-corrected chi connectivity index (χ3v) is 16.7. The Morgan fingerprint density at radius 1 is 0.207 bits per heavy atom. The van der Waals surface area contributed by atoms with Crippen LogP contribution < -0.4 is 9.80 Å². The van der Waals surface area contributed by atoms with Crippen LogP contribution in [-0.4, -0.2) is 0 Å². The highest BCUT2D eigenvalue weighted by molar-refractivity contribution is 6.01. The normalized spacial score (nSPS) is 11.4. The van der Waals surface area contributed by atoms with Gasteiger partial charge in [-0.15, -0.1) is 0 Å². The average molecular weight is 1050 g/mol. The molecule has 0 saturated carbocycles. The fraction of sp³-hybridized carbons (Fsp3) is 0.0500. The molecule has 0 heterocycles. The Hall–Kier alpha value is -10.3. The van der Waals surface area contributed by atoms with Gasteiger partial charge in [0.1, 0.15) is 0 Å². The third-order valence-electron chi connectivity index (χ3n) is 16.7. The second kappa shape index (κ2) is 21.1. The van der Waals surface area contributed by atoms with Crippen LogP contribution in [0.3, 0.4) is 0 Å². The molecule has 0 aliphatic carbocycles. The predicted octanol–water partition coefficient (Wildman–Crippen LogP) is 22.8. The van der Waals surface area contributed by atoms with Crippen molar-refractivity contribution in [3.05, 3.63) is 313 Å². The van der Waals surface area contributed by atoms with Crippen LogP contribution >= 0.6 is 0 Å². The third kappa shape index (κ3) is 9.15. The Kier molecular flexibility index (Phi) is 12.8. The second-order valence-electron chi connectivity index (χ2n) is 21.9. The van der Waals surface area contributed by atoms with Gasteiger partial charge in [-0.3, -0.25) is 0 Å². The van der Waals surface area contributed by atoms with Gasteiger partial charge in [0.2, 0.25) is 0 Å². The molecule has 0 aliphatic rings. The summed E-state index contributed by atoms with van der Waals surface area (Å²) in [6, 6.07) is 107. The van der Waals surface area contributed by atoms with Crippen molar-refractivity contribution in [2.45, 2.75) is 27.7 Å². The Bertz CT molecular complexity index is 4430. The molecule has 390 valence electrons. The summed E-state index contributed by atoms with van der Waals surface area (Å²) in [4.78, 5) is 4.97. The van der Waals surface area contributed by atoms with Crippen LogP contribution in [0.5, 0.6) is 0 Å². The number of fused-ring (bicyclic) bond motifs is 4. The Morgan fingerprint density at radius 2 is 0.537 bits per heavy atom. The maximum absolute atomic E-state index is 2.49. The summed E-state index contributed by atoms with van der Waals surface area (Å²) >= 11 is 0. The molecule has 0 aliphatic heterocycles. The van der Waals surface area contributed by atoms with Gasteiger partial charge in [0, 0.05) is 33.9 Å². The lowest BCUT2D eigenvalue weighted by Crippen LogP contribution is -2.14. The first-order valence-corrected chi connectivity index (χ1v) is 28.5. The van der Waals surface area contributed by atoms with Gasteiger partial charge in [0.15, 0.2) is 0 Å². The summed E-state index contributed by atoms with van der Waals surface area (Å²) in [5.41, 5.74) is 23.4. The Labute approximate surface area is 481 Å². The topological polar surface area (TPSA) is 6.48 Å². The van der Waals surface area contributed by atoms with E-state index in [4.69, 9.17) is 0 Å². The minimum Gasteiger partial charge on any atom is -0.309 e. The lowest BCUT2D eigenvalue weighted by atomic mass is 9.94. The highest BCUT2D eigenvalue weighted by Gasteiger charge is 2.24. The fourth-order valence-electron chi connectivity index (χ4n) is 12.6. The van der Waals surface area contributed by atoms with Crippen molar-refractivity contribution in [3.63, 3.8) is 0 Å². The molecule has 0 fully saturated rings. The largest absolute Gasteiger partial charge is 0.309 e. The van der Waals surface area contributed by atoms with E-state index in [1.54, 1.807) is 0 Å². The summed E-state index contributed by atoms with van der Waals surface area (Å²) in [7, 11) is 0. The number of anilines is 6. The first kappa shape index (κ1) is 50.0. The van der Waals surface area contributed by atoms with Crippen LogP contribution in [0.2, 0.25) is 0 Å². The van der Waals surface area contributed by atoms with Gasteiger partial charge in [-0.05, 0) is 198 Å². The number of rotatable bonds is 11. The summed E-state index contributed by atoms with van der Waals surface area (Å²) in [6.45, 7) is 9.02. The van der Waals surface area contributed by atoms with Gasteiger partial charge < -0.3 is 9.80 Å². The number of hydrogen-bond acceptors (Lipinski definition) is 2. The van der Waals surface area contributed by atoms with E-state index in [0.29, 0.717) is 0 Å². The van der Waals surface area contributed by atoms with Gasteiger partial charge in [-0.25, -0.2) is 0 Å². The SMILES string of the molecule is Cc1cc(-c2ccc(N(c3ccc(-c4cccc5ccccc45)cc3)c3c(C)cccc3-c3ccc4ccccc4c3)c(C)c2)ccc1N(c1ccc(-c2cccc3ccccc23)cc1)c1c(C)cccc1-c1ccc2ccccc2c1. The van der Waals surface area contributed by atoms with E-state index in [1.807, 2.05) is 0 Å². The quantitative estimate of drug-likeness (QED) is 0.127. The molecule has 0 spiro atoms. The van der Waals surface area contributed by atoms with E-state index in [9.17, 15) is 0 Å². The van der Waals surface area contributed by atoms with Gasteiger partial charge >= 0.3 is 0 Å². The molecule has 0 amide bonds. The first-order chi connectivity index (χ1) is 40.3. The van der Waals surface area contributed by atoms with Crippen LogP contribution in [0.15, 0.2) is 291 Å². The molecular formula is C80H60N2. The molecule has 0 bridgehead atoms. The number of benzene rings is 14. The predicted molar refractivity (Wildman–Crippen MR) is 352 cm³/mol. The van der Waals surface area contributed by atoms with Crippen LogP contribution in [0.4, 0.5) is 34.1 Å². The minimum atomic E-state index is 1.10. The van der Waals surface area contributed by atoms with E-state index in [-0.39, 0.29) is 0 Å². The lowest BCUT2D eigenvalue weighted by Gasteiger charge is -2.32. The van der Waals surface area contributed by atoms with Crippen LogP contribution in [0, 0.1) is 27.7 Å². The Balaban J connectivity index is 0.880. The van der Waals surface area contributed by atoms with Crippen molar-refractivity contribution >= 4 is 77.2 Å². The number of aryl methyl sites for hydroxylation is 4. The van der Waals surface area contributed by atoms with E-state index in [2.05, 4.69) is 329 Å². The molecule has 0 aromatic heterocycles. The molecule has 0 N–H and O–H groups in total. The molecule has 14 rings (SSSR count). The molecule has 82 heavy (non-hydrogen) atoms. The zero-order chi connectivity index (χ0) is 55.3. The monoisotopic (exact) mass is 1050 g/mol. The van der Waals surface area contributed by atoms with Gasteiger partial charge in [-0.2, -0.15) is 0 Å². The van der Waals surface area contributed by atoms with Crippen molar-refractivity contribution in [1.82, 2.24) is 0 Å². The average Bonchev–Trinajstić information content (AvgIpc) is 3.70. The summed E-state index contributed by atoms with van der Waals surface area (Å²) in [5.74, 6) is 0. The van der Waals surface area contributed by atoms with E-state index in [1.165, 1.54) is 121 Å². The van der Waals surface area contributed by atoms with Crippen molar-refractivity contribution in [1.29, 1.82) is 0 Å². The molecule has 0 unspecified atom stereocenters. The molecule has 0 atom stereocenters. The highest BCUT2D eigenvalue weighted by Crippen LogP contribution is 2.48. The molecule has 0 radical (unpaired) electrons. The zero-order valence-electron chi connectivity index (χ0n) is 46.6. The summed E-state index contributed by atoms with van der Waals surface area (Å²) in [5, 5.41) is 9.90. The first-order valence-electron chi connectivity index (χ1n) is 28.5. The molecule has 2 heteroatoms. The molecule has 2 nitrogen and oxygen atoms in total. The van der Waals surface area contributed by atoms with E-state index in [0.717, 1.165) is 34.1 Å². The standard InChI is InChI=1S/C80H60N2/c1-53-17-13-31-75(67-35-33-57-19-5-7-23-63(57)51-67)79(53)81(69-43-37-61(38-44-69)73-29-15-25-59-21-9-11-27-71(59)73)77-47-41-65(49-55(77)3)66-42-48-78(56(4)50-66)82(70-45-39-62(40-46-70)74-30-16-26-60-22-10-12-28-72(60)74)80-54(2)18-14-32-76(80)68-36-34-58-20-6-8-24-64(58)52-68/h5-52H,1-4H3. The van der Waals surface area contributed by atoms with Crippen molar-refractivity contribution in [2.24, 2.45) is 0 Å². The van der Waals surface area contributed by atoms with Crippen molar-refractivity contribution < 1.29 is 0 Å². The van der Waals surface area contributed by atoms with E-state index < -0.39 is 0 Å². The summed E-state index contributed by atoms with van der Waals surface area (Å²) in [6.07, 6.45) is 0.